The SMILES string of the molecule is O=C(O)CN(C(=O)C1CCCC1NC(=O)OCC1c2ccccc2-c2ccccc21)C1CCCC1. The molecular formula is C28H32N2O5. The van der Waals surface area contributed by atoms with E-state index in [0.717, 1.165) is 43.2 Å². The average molecular weight is 477 g/mol. The first-order valence-corrected chi connectivity index (χ1v) is 12.7. The maximum atomic E-state index is 13.4. The second kappa shape index (κ2) is 10.1. The number of carbonyl (C=O) groups excluding carboxylic acids is 2. The molecule has 7 heteroatoms. The molecule has 3 aliphatic rings. The molecule has 2 aromatic rings. The lowest BCUT2D eigenvalue weighted by atomic mass is 9.98. The molecule has 0 saturated heterocycles. The molecule has 0 spiro atoms. The molecule has 2 amide bonds. The van der Waals surface area contributed by atoms with Crippen LogP contribution in [0.15, 0.2) is 48.5 Å². The number of ether oxygens (including phenoxy) is 1. The Bertz CT molecular complexity index is 1060. The predicted octanol–water partition coefficient (Wildman–Crippen LogP) is 4.55. The van der Waals surface area contributed by atoms with Crippen molar-refractivity contribution in [3.8, 4) is 11.1 Å². The molecule has 0 bridgehead atoms. The number of nitrogens with one attached hydrogen (secondary N) is 1. The van der Waals surface area contributed by atoms with Crippen molar-refractivity contribution in [3.63, 3.8) is 0 Å². The fraction of sp³-hybridized carbons (Fsp3) is 0.464. The standard InChI is InChI=1S/C28H32N2O5/c31-26(32)16-30(18-8-1-2-9-18)27(33)23-14-7-15-25(23)29-28(34)35-17-24-21-12-5-3-10-19(21)20-11-4-6-13-22(20)24/h3-6,10-13,18,23-25H,1-2,7-9,14-17H2,(H,29,34)(H,31,32). The molecule has 2 N–H and O–H groups in total. The van der Waals surface area contributed by atoms with Gasteiger partial charge < -0.3 is 20.1 Å². The predicted molar refractivity (Wildman–Crippen MR) is 131 cm³/mol. The van der Waals surface area contributed by atoms with Gasteiger partial charge in [-0.05, 0) is 47.9 Å². The monoisotopic (exact) mass is 476 g/mol. The fourth-order valence-corrected chi connectivity index (χ4v) is 6.18. The van der Waals surface area contributed by atoms with E-state index >= 15 is 0 Å². The summed E-state index contributed by atoms with van der Waals surface area (Å²) in [4.78, 5) is 39.2. The van der Waals surface area contributed by atoms with Crippen molar-refractivity contribution in [1.29, 1.82) is 0 Å². The van der Waals surface area contributed by atoms with Crippen LogP contribution in [0.4, 0.5) is 4.79 Å². The third-order valence-electron chi connectivity index (χ3n) is 7.83. The van der Waals surface area contributed by atoms with Gasteiger partial charge in [-0.1, -0.05) is 67.8 Å². The first kappa shape index (κ1) is 23.4. The molecule has 0 aromatic heterocycles. The minimum absolute atomic E-state index is 0.0192. The van der Waals surface area contributed by atoms with Crippen LogP contribution in [0.1, 0.15) is 62.0 Å². The van der Waals surface area contributed by atoms with Crippen molar-refractivity contribution in [3.05, 3.63) is 59.7 Å². The molecule has 3 aliphatic carbocycles. The molecule has 184 valence electrons. The Kier molecular flexibility index (Phi) is 6.75. The van der Waals surface area contributed by atoms with E-state index < -0.39 is 18.0 Å². The highest BCUT2D eigenvalue weighted by atomic mass is 16.5. The number of alkyl carbamates (subject to hydrolysis) is 1. The first-order valence-electron chi connectivity index (χ1n) is 12.7. The highest BCUT2D eigenvalue weighted by Crippen LogP contribution is 2.44. The smallest absolute Gasteiger partial charge is 0.407 e. The van der Waals surface area contributed by atoms with Crippen molar-refractivity contribution in [1.82, 2.24) is 10.2 Å². The normalized spacial score (nSPS) is 21.4. The van der Waals surface area contributed by atoms with Crippen molar-refractivity contribution < 1.29 is 24.2 Å². The van der Waals surface area contributed by atoms with Gasteiger partial charge in [0.2, 0.25) is 5.91 Å². The van der Waals surface area contributed by atoms with Gasteiger partial charge in [0.15, 0.2) is 0 Å². The van der Waals surface area contributed by atoms with Crippen molar-refractivity contribution >= 4 is 18.0 Å². The number of hydrogen-bond acceptors (Lipinski definition) is 4. The van der Waals surface area contributed by atoms with Crippen LogP contribution in [0.2, 0.25) is 0 Å². The van der Waals surface area contributed by atoms with Gasteiger partial charge in [0.05, 0.1) is 5.92 Å². The Morgan fingerprint density at radius 2 is 1.51 bits per heavy atom. The Labute approximate surface area is 205 Å². The number of rotatable bonds is 7. The van der Waals surface area contributed by atoms with Gasteiger partial charge in [-0.2, -0.15) is 0 Å². The van der Waals surface area contributed by atoms with Crippen LogP contribution in [0.5, 0.6) is 0 Å². The van der Waals surface area contributed by atoms with E-state index in [4.69, 9.17) is 4.74 Å². The zero-order valence-corrected chi connectivity index (χ0v) is 19.8. The minimum Gasteiger partial charge on any atom is -0.480 e. The van der Waals surface area contributed by atoms with E-state index in [1.165, 1.54) is 16.0 Å². The molecule has 2 atom stereocenters. The van der Waals surface area contributed by atoms with Crippen LogP contribution in [0.25, 0.3) is 11.1 Å². The molecule has 2 fully saturated rings. The van der Waals surface area contributed by atoms with Crippen molar-refractivity contribution in [2.24, 2.45) is 5.92 Å². The number of fused-ring (bicyclic) bond motifs is 3. The number of aliphatic carboxylic acids is 1. The van der Waals surface area contributed by atoms with Gasteiger partial charge in [0.25, 0.3) is 0 Å². The van der Waals surface area contributed by atoms with Gasteiger partial charge in [0.1, 0.15) is 13.2 Å². The molecule has 0 aliphatic heterocycles. The van der Waals surface area contributed by atoms with Gasteiger partial charge in [-0.15, -0.1) is 0 Å². The number of hydrogen-bond donors (Lipinski definition) is 2. The molecule has 2 aromatic carbocycles. The van der Waals surface area contributed by atoms with E-state index in [9.17, 15) is 19.5 Å². The Morgan fingerprint density at radius 1 is 0.886 bits per heavy atom. The third-order valence-corrected chi connectivity index (χ3v) is 7.83. The summed E-state index contributed by atoms with van der Waals surface area (Å²) in [6, 6.07) is 16.0. The van der Waals surface area contributed by atoms with Crippen LogP contribution >= 0.6 is 0 Å². The Balaban J connectivity index is 1.23. The summed E-state index contributed by atoms with van der Waals surface area (Å²) in [6.07, 6.45) is 5.34. The van der Waals surface area contributed by atoms with Crippen LogP contribution in [0, 0.1) is 5.92 Å². The molecule has 7 nitrogen and oxygen atoms in total. The number of benzene rings is 2. The molecule has 0 heterocycles. The van der Waals surface area contributed by atoms with E-state index in [1.807, 2.05) is 24.3 Å². The zero-order valence-electron chi connectivity index (χ0n) is 19.8. The van der Waals surface area contributed by atoms with Gasteiger partial charge in [-0.3, -0.25) is 9.59 Å². The molecule has 2 unspecified atom stereocenters. The van der Waals surface area contributed by atoms with Crippen molar-refractivity contribution in [2.45, 2.75) is 62.9 Å². The van der Waals surface area contributed by atoms with Crippen LogP contribution in [-0.4, -0.2) is 53.2 Å². The van der Waals surface area contributed by atoms with E-state index in [-0.39, 0.29) is 37.1 Å². The number of carbonyl (C=O) groups is 3. The quantitative estimate of drug-likeness (QED) is 0.611. The van der Waals surface area contributed by atoms with Crippen LogP contribution < -0.4 is 5.32 Å². The summed E-state index contributed by atoms with van der Waals surface area (Å²) >= 11 is 0. The lowest BCUT2D eigenvalue weighted by molar-refractivity contribution is -0.148. The Morgan fingerprint density at radius 3 is 2.14 bits per heavy atom. The summed E-state index contributed by atoms with van der Waals surface area (Å²) in [5, 5.41) is 12.3. The maximum Gasteiger partial charge on any atom is 0.407 e. The number of carboxylic acids is 1. The Hall–Kier alpha value is -3.35. The topological polar surface area (TPSA) is 95.9 Å². The van der Waals surface area contributed by atoms with Crippen molar-refractivity contribution in [2.75, 3.05) is 13.2 Å². The number of nitrogens with zero attached hydrogens (tertiary/aromatic N) is 1. The number of amides is 2. The summed E-state index contributed by atoms with van der Waals surface area (Å²) < 4.78 is 5.69. The van der Waals surface area contributed by atoms with Gasteiger partial charge in [-0.25, -0.2) is 4.79 Å². The van der Waals surface area contributed by atoms with Crippen LogP contribution in [0.3, 0.4) is 0 Å². The first-order chi connectivity index (χ1) is 17.0. The fourth-order valence-electron chi connectivity index (χ4n) is 6.18. The van der Waals surface area contributed by atoms with Gasteiger partial charge in [0, 0.05) is 18.0 Å². The third kappa shape index (κ3) is 4.77. The molecule has 0 radical (unpaired) electrons. The maximum absolute atomic E-state index is 13.4. The van der Waals surface area contributed by atoms with Crippen LogP contribution in [-0.2, 0) is 14.3 Å². The molecular weight excluding hydrogens is 444 g/mol. The van der Waals surface area contributed by atoms with E-state index in [0.29, 0.717) is 12.8 Å². The summed E-state index contributed by atoms with van der Waals surface area (Å²) in [5.74, 6) is -1.58. The largest absolute Gasteiger partial charge is 0.480 e. The second-order valence-electron chi connectivity index (χ2n) is 9.91. The average Bonchev–Trinajstić information content (AvgIpc) is 3.60. The summed E-state index contributed by atoms with van der Waals surface area (Å²) in [7, 11) is 0. The van der Waals surface area contributed by atoms with E-state index in [1.54, 1.807) is 0 Å². The molecule has 5 rings (SSSR count). The second-order valence-corrected chi connectivity index (χ2v) is 9.91. The molecule has 35 heavy (non-hydrogen) atoms. The minimum atomic E-state index is -0.996. The number of carboxylic acid groups (broad SMARTS) is 1. The lowest BCUT2D eigenvalue weighted by Crippen LogP contribution is -2.50. The van der Waals surface area contributed by atoms with Gasteiger partial charge >= 0.3 is 12.1 Å². The molecule has 2 saturated carbocycles. The summed E-state index contributed by atoms with van der Waals surface area (Å²) in [6.45, 7) is -0.0595. The van der Waals surface area contributed by atoms with E-state index in [2.05, 4.69) is 29.6 Å². The summed E-state index contributed by atoms with van der Waals surface area (Å²) in [5.41, 5.74) is 4.64. The zero-order chi connectivity index (χ0) is 24.4. The highest BCUT2D eigenvalue weighted by Gasteiger charge is 2.40. The lowest BCUT2D eigenvalue weighted by Gasteiger charge is -2.32. The highest BCUT2D eigenvalue weighted by molar-refractivity contribution is 5.85.